The summed E-state index contributed by atoms with van der Waals surface area (Å²) in [5.74, 6) is -0.00694. The number of halogens is 1. The molecular weight excluding hydrogens is 112 g/mol. The predicted molar refractivity (Wildman–Crippen MR) is 30.3 cm³/mol. The van der Waals surface area contributed by atoms with Crippen molar-refractivity contribution in [2.45, 2.75) is 13.8 Å². The largest absolute Gasteiger partial charge is 0.295 e. The molecule has 2 heteroatoms. The van der Waals surface area contributed by atoms with Crippen LogP contribution >= 0.6 is 11.6 Å². The van der Waals surface area contributed by atoms with E-state index >= 15 is 0 Å². The lowest BCUT2D eigenvalue weighted by Crippen LogP contribution is -1.79. The second kappa shape index (κ2) is 2.80. The van der Waals surface area contributed by atoms with Gasteiger partial charge in [0.2, 0.25) is 0 Å². The molecule has 0 fully saturated rings. The lowest BCUT2D eigenvalue weighted by molar-refractivity contribution is -0.112. The number of carbonyl (C=O) groups excluding carboxylic acids is 1. The molecule has 0 aromatic heterocycles. The highest BCUT2D eigenvalue weighted by Gasteiger charge is 1.82. The number of carbonyl (C=O) groups is 1. The summed E-state index contributed by atoms with van der Waals surface area (Å²) in [5.41, 5.74) is 0. The van der Waals surface area contributed by atoms with E-state index in [-0.39, 0.29) is 5.78 Å². The van der Waals surface area contributed by atoms with Crippen LogP contribution < -0.4 is 0 Å². The molecule has 0 radical (unpaired) electrons. The molecule has 0 atom stereocenters. The first-order chi connectivity index (χ1) is 3.13. The van der Waals surface area contributed by atoms with Gasteiger partial charge in [0.15, 0.2) is 5.78 Å². The zero-order chi connectivity index (χ0) is 5.86. The van der Waals surface area contributed by atoms with Gasteiger partial charge in [0.25, 0.3) is 0 Å². The quantitative estimate of drug-likeness (QED) is 0.479. The van der Waals surface area contributed by atoms with Crippen molar-refractivity contribution in [2.24, 2.45) is 0 Å². The van der Waals surface area contributed by atoms with Crippen molar-refractivity contribution >= 4 is 17.4 Å². The van der Waals surface area contributed by atoms with Crippen LogP contribution in [-0.2, 0) is 4.79 Å². The molecule has 0 unspecified atom stereocenters. The molecule has 0 aliphatic heterocycles. The lowest BCUT2D eigenvalue weighted by Gasteiger charge is -1.77. The van der Waals surface area contributed by atoms with E-state index in [4.69, 9.17) is 11.6 Å². The van der Waals surface area contributed by atoms with Crippen molar-refractivity contribution < 1.29 is 4.79 Å². The molecule has 0 aromatic rings. The van der Waals surface area contributed by atoms with Crippen LogP contribution in [-0.4, -0.2) is 5.78 Å². The number of rotatable bonds is 1. The van der Waals surface area contributed by atoms with Crippen LogP contribution in [0.5, 0.6) is 0 Å². The Morgan fingerprint density at radius 2 is 2.00 bits per heavy atom. The van der Waals surface area contributed by atoms with E-state index < -0.39 is 0 Å². The summed E-state index contributed by atoms with van der Waals surface area (Å²) >= 11 is 5.31. The van der Waals surface area contributed by atoms with Crippen molar-refractivity contribution in [1.82, 2.24) is 0 Å². The van der Waals surface area contributed by atoms with Crippen LogP contribution in [0.15, 0.2) is 11.1 Å². The molecule has 0 aromatic carbocycles. The maximum atomic E-state index is 10.1. The minimum atomic E-state index is -0.00694. The number of hydrogen-bond acceptors (Lipinski definition) is 1. The van der Waals surface area contributed by atoms with Gasteiger partial charge in [0, 0.05) is 5.03 Å². The Kier molecular flexibility index (Phi) is 2.68. The van der Waals surface area contributed by atoms with Crippen LogP contribution in [0.25, 0.3) is 0 Å². The fourth-order valence-electron chi connectivity index (χ4n) is 0.280. The van der Waals surface area contributed by atoms with Gasteiger partial charge in [-0.25, -0.2) is 0 Å². The molecule has 40 valence electrons. The Balaban J connectivity index is 3.68. The van der Waals surface area contributed by atoms with E-state index in [1.807, 2.05) is 0 Å². The minimum absolute atomic E-state index is 0.00694. The van der Waals surface area contributed by atoms with Gasteiger partial charge in [-0.15, -0.1) is 0 Å². The molecule has 0 spiro atoms. The molecule has 0 heterocycles. The molecule has 0 N–H and O–H groups in total. The second-order valence-electron chi connectivity index (χ2n) is 1.34. The summed E-state index contributed by atoms with van der Waals surface area (Å²) in [4.78, 5) is 10.1. The number of ketones is 1. The highest BCUT2D eigenvalue weighted by molar-refractivity contribution is 6.30. The van der Waals surface area contributed by atoms with Gasteiger partial charge in [0.1, 0.15) is 0 Å². The second-order valence-corrected chi connectivity index (χ2v) is 1.94. The Morgan fingerprint density at radius 3 is 2.00 bits per heavy atom. The summed E-state index contributed by atoms with van der Waals surface area (Å²) in [6.45, 7) is 3.13. The van der Waals surface area contributed by atoms with Gasteiger partial charge in [-0.05, 0) is 19.9 Å². The van der Waals surface area contributed by atoms with Crippen LogP contribution in [0.4, 0.5) is 0 Å². The van der Waals surface area contributed by atoms with E-state index in [1.165, 1.54) is 13.0 Å². The number of hydrogen-bond donors (Lipinski definition) is 0. The molecule has 0 bridgehead atoms. The van der Waals surface area contributed by atoms with E-state index in [2.05, 4.69) is 0 Å². The average molecular weight is 119 g/mol. The first-order valence-electron chi connectivity index (χ1n) is 1.97. The van der Waals surface area contributed by atoms with E-state index in [9.17, 15) is 4.79 Å². The third-order valence-corrected chi connectivity index (χ3v) is 0.511. The summed E-state index contributed by atoms with van der Waals surface area (Å²) in [6.07, 6.45) is 1.38. The third-order valence-electron chi connectivity index (χ3n) is 0.402. The third kappa shape index (κ3) is 5.70. The highest BCUT2D eigenvalue weighted by Crippen LogP contribution is 1.96. The van der Waals surface area contributed by atoms with Gasteiger partial charge in [-0.2, -0.15) is 0 Å². The molecular formula is C5H7ClO. The van der Waals surface area contributed by atoms with Gasteiger partial charge in [-0.3, -0.25) is 4.79 Å². The van der Waals surface area contributed by atoms with Crippen molar-refractivity contribution in [3.8, 4) is 0 Å². The lowest BCUT2D eigenvalue weighted by atomic mass is 10.4. The monoisotopic (exact) mass is 118 g/mol. The summed E-state index contributed by atoms with van der Waals surface area (Å²) in [7, 11) is 0. The van der Waals surface area contributed by atoms with Crippen LogP contribution in [0.2, 0.25) is 0 Å². The summed E-state index contributed by atoms with van der Waals surface area (Å²) in [6, 6.07) is 0. The maximum Gasteiger partial charge on any atom is 0.153 e. The predicted octanol–water partition coefficient (Wildman–Crippen LogP) is 1.72. The van der Waals surface area contributed by atoms with Crippen LogP contribution in [0, 0.1) is 0 Å². The normalized spacial score (nSPS) is 11.6. The first-order valence-corrected chi connectivity index (χ1v) is 2.35. The number of allylic oxidation sites excluding steroid dienone is 2. The van der Waals surface area contributed by atoms with Crippen molar-refractivity contribution in [2.75, 3.05) is 0 Å². The van der Waals surface area contributed by atoms with E-state index in [0.29, 0.717) is 5.03 Å². The summed E-state index contributed by atoms with van der Waals surface area (Å²) < 4.78 is 0. The van der Waals surface area contributed by atoms with Crippen molar-refractivity contribution in [3.05, 3.63) is 11.1 Å². The van der Waals surface area contributed by atoms with Gasteiger partial charge in [0.05, 0.1) is 0 Å². The molecule has 1 nitrogen and oxygen atoms in total. The highest BCUT2D eigenvalue weighted by atomic mass is 35.5. The molecule has 0 saturated carbocycles. The Hall–Kier alpha value is -0.300. The fraction of sp³-hybridized carbons (Fsp3) is 0.400. The topological polar surface area (TPSA) is 17.1 Å². The molecule has 7 heavy (non-hydrogen) atoms. The van der Waals surface area contributed by atoms with Gasteiger partial charge >= 0.3 is 0 Å². The van der Waals surface area contributed by atoms with E-state index in [0.717, 1.165) is 0 Å². The van der Waals surface area contributed by atoms with Gasteiger partial charge < -0.3 is 0 Å². The zero-order valence-electron chi connectivity index (χ0n) is 4.36. The molecule has 0 amide bonds. The molecule has 0 aliphatic rings. The fourth-order valence-corrected chi connectivity index (χ4v) is 0.434. The minimum Gasteiger partial charge on any atom is -0.295 e. The standard InChI is InChI=1S/C5H7ClO/c1-4(6)3-5(2)7/h3H,1-2H3/b4-3+. The Bertz CT molecular complexity index is 101. The van der Waals surface area contributed by atoms with E-state index in [1.54, 1.807) is 6.92 Å². The molecule has 0 aliphatic carbocycles. The molecule has 0 saturated heterocycles. The summed E-state index contributed by atoms with van der Waals surface area (Å²) in [5, 5.41) is 0.535. The average Bonchev–Trinajstić information content (AvgIpc) is 1.27. The molecule has 0 rings (SSSR count). The van der Waals surface area contributed by atoms with Crippen LogP contribution in [0.1, 0.15) is 13.8 Å². The Morgan fingerprint density at radius 1 is 1.57 bits per heavy atom. The van der Waals surface area contributed by atoms with Crippen LogP contribution in [0.3, 0.4) is 0 Å². The zero-order valence-corrected chi connectivity index (χ0v) is 5.12. The Labute approximate surface area is 48.0 Å². The first kappa shape index (κ1) is 6.70. The SMILES string of the molecule is CC(=O)/C=C(\C)Cl. The maximum absolute atomic E-state index is 10.1. The van der Waals surface area contributed by atoms with Crippen molar-refractivity contribution in [3.63, 3.8) is 0 Å². The van der Waals surface area contributed by atoms with Gasteiger partial charge in [-0.1, -0.05) is 11.6 Å². The smallest absolute Gasteiger partial charge is 0.153 e. The van der Waals surface area contributed by atoms with Crippen molar-refractivity contribution in [1.29, 1.82) is 0 Å².